The maximum Gasteiger partial charge on any atom is 0.444 e. The fourth-order valence-electron chi connectivity index (χ4n) is 0.442. The van der Waals surface area contributed by atoms with Crippen LogP contribution in [0.25, 0.3) is 0 Å². The maximum atomic E-state index is 10.8. The fourth-order valence-corrected chi connectivity index (χ4v) is 0.851. The molecule has 0 fully saturated rings. The monoisotopic (exact) mass is 208 g/mol. The number of nitrogens with zero attached hydrogens (tertiary/aromatic N) is 1. The Morgan fingerprint density at radius 2 is 2.00 bits per heavy atom. The predicted molar refractivity (Wildman–Crippen MR) is 47.8 cm³/mol. The lowest BCUT2D eigenvalue weighted by atomic mass is 10.2. The highest BCUT2D eigenvalue weighted by atomic mass is 32.2. The number of rotatable bonds is 4. The van der Waals surface area contributed by atoms with Gasteiger partial charge < -0.3 is 4.74 Å². The Labute approximate surface area is 78.5 Å². The highest BCUT2D eigenvalue weighted by Gasteiger charge is 2.16. The lowest BCUT2D eigenvalue weighted by molar-refractivity contribution is 0.138. The summed E-state index contributed by atoms with van der Waals surface area (Å²) in [6.07, 6.45) is -1.03. The summed E-state index contributed by atoms with van der Waals surface area (Å²) in [4.78, 5) is 10.8. The second-order valence-electron chi connectivity index (χ2n) is 2.93. The Kier molecular flexibility index (Phi) is 4.76. The Morgan fingerprint density at radius 3 is 2.38 bits per heavy atom. The van der Waals surface area contributed by atoms with Crippen LogP contribution in [-0.2, 0) is 14.8 Å². The second kappa shape index (κ2) is 5.06. The molecule has 6 heteroatoms. The third kappa shape index (κ3) is 6.39. The first kappa shape index (κ1) is 12.2. The number of hydrogen-bond acceptors (Lipinski definition) is 4. The molecule has 1 radical (unpaired) electrons. The molecule has 0 saturated carbocycles. The van der Waals surface area contributed by atoms with Gasteiger partial charge in [-0.05, 0) is 12.8 Å². The largest absolute Gasteiger partial charge is 0.447 e. The van der Waals surface area contributed by atoms with Crippen molar-refractivity contribution in [2.24, 2.45) is 5.92 Å². The van der Waals surface area contributed by atoms with Crippen molar-refractivity contribution in [1.82, 2.24) is 4.72 Å². The second-order valence-corrected chi connectivity index (χ2v) is 4.86. The highest BCUT2D eigenvalue weighted by Crippen LogP contribution is 1.95. The summed E-state index contributed by atoms with van der Waals surface area (Å²) >= 11 is 0. The van der Waals surface area contributed by atoms with Gasteiger partial charge in [-0.3, -0.25) is 0 Å². The van der Waals surface area contributed by atoms with Crippen LogP contribution in [-0.4, -0.2) is 26.9 Å². The van der Waals surface area contributed by atoms with Crippen molar-refractivity contribution in [3.05, 3.63) is 0 Å². The molecule has 13 heavy (non-hydrogen) atoms. The normalized spacial score (nSPS) is 11.4. The fraction of sp³-hybridized carbons (Fsp3) is 0.857. The van der Waals surface area contributed by atoms with Crippen LogP contribution in [0.4, 0.5) is 4.79 Å². The highest BCUT2D eigenvalue weighted by molar-refractivity contribution is 7.89. The molecule has 0 unspecified atom stereocenters. The van der Waals surface area contributed by atoms with Crippen LogP contribution in [0.1, 0.15) is 20.8 Å². The maximum absolute atomic E-state index is 10.8. The molecule has 0 atom stereocenters. The molecule has 0 aliphatic heterocycles. The molecule has 5 nitrogen and oxygen atoms in total. The number of carbonyl (C=O) groups excluding carboxylic acids is 1. The third-order valence-electron chi connectivity index (χ3n) is 1.12. The van der Waals surface area contributed by atoms with E-state index in [1.807, 2.05) is 13.8 Å². The van der Waals surface area contributed by atoms with Gasteiger partial charge in [-0.25, -0.2) is 13.2 Å². The van der Waals surface area contributed by atoms with Crippen LogP contribution in [0.15, 0.2) is 0 Å². The standard InChI is InChI=1S/C7H14NO4S/c1-4-13(10,11)8-7(9)12-5-6(2)3/h6H,4-5H2,1-3H3. The molecule has 0 heterocycles. The minimum absolute atomic E-state index is 0.170. The van der Waals surface area contributed by atoms with E-state index < -0.39 is 16.1 Å². The number of sulfonamides is 1. The molecule has 0 spiro atoms. The topological polar surface area (TPSA) is 74.5 Å². The summed E-state index contributed by atoms with van der Waals surface area (Å²) in [6, 6.07) is 0. The molecular weight excluding hydrogens is 194 g/mol. The van der Waals surface area contributed by atoms with Crippen LogP contribution in [0, 0.1) is 5.92 Å². The number of hydrogen-bond donors (Lipinski definition) is 0. The van der Waals surface area contributed by atoms with Crippen LogP contribution >= 0.6 is 0 Å². The molecule has 0 rings (SSSR count). The zero-order valence-electron chi connectivity index (χ0n) is 7.98. The van der Waals surface area contributed by atoms with Crippen molar-refractivity contribution in [3.8, 4) is 0 Å². The van der Waals surface area contributed by atoms with Crippen molar-refractivity contribution in [1.29, 1.82) is 0 Å². The van der Waals surface area contributed by atoms with Gasteiger partial charge >= 0.3 is 6.09 Å². The lowest BCUT2D eigenvalue weighted by Crippen LogP contribution is -2.26. The first-order valence-electron chi connectivity index (χ1n) is 4.00. The quantitative estimate of drug-likeness (QED) is 0.682. The van der Waals surface area contributed by atoms with Gasteiger partial charge in [-0.1, -0.05) is 18.6 Å². The number of carbonyl (C=O) groups is 1. The van der Waals surface area contributed by atoms with Gasteiger partial charge in [-0.15, -0.1) is 0 Å². The van der Waals surface area contributed by atoms with Crippen molar-refractivity contribution < 1.29 is 17.9 Å². The van der Waals surface area contributed by atoms with Gasteiger partial charge in [-0.2, -0.15) is 0 Å². The molecule has 0 aliphatic rings. The zero-order chi connectivity index (χ0) is 10.5. The Balaban J connectivity index is 3.89. The molecule has 1 amide bonds. The summed E-state index contributed by atoms with van der Waals surface area (Å²) in [6.45, 7) is 5.29. The summed E-state index contributed by atoms with van der Waals surface area (Å²) < 4.78 is 29.0. The molecule has 0 saturated heterocycles. The molecule has 0 bridgehead atoms. The van der Waals surface area contributed by atoms with Gasteiger partial charge in [0.2, 0.25) is 0 Å². The molecule has 0 aromatic carbocycles. The molecule has 0 N–H and O–H groups in total. The van der Waals surface area contributed by atoms with Gasteiger partial charge in [0, 0.05) is 0 Å². The lowest BCUT2D eigenvalue weighted by Gasteiger charge is -2.05. The minimum atomic E-state index is -3.62. The predicted octanol–water partition coefficient (Wildman–Crippen LogP) is 0.733. The summed E-state index contributed by atoms with van der Waals surface area (Å²) in [5.41, 5.74) is 0. The van der Waals surface area contributed by atoms with Gasteiger partial charge in [0.1, 0.15) is 0 Å². The van der Waals surface area contributed by atoms with E-state index >= 15 is 0 Å². The van der Waals surface area contributed by atoms with E-state index in [1.165, 1.54) is 6.92 Å². The van der Waals surface area contributed by atoms with E-state index in [0.29, 0.717) is 0 Å². The smallest absolute Gasteiger partial charge is 0.444 e. The van der Waals surface area contributed by atoms with Crippen LogP contribution in [0.2, 0.25) is 0 Å². The van der Waals surface area contributed by atoms with E-state index in [4.69, 9.17) is 0 Å². The first-order chi connectivity index (χ1) is 5.87. The Morgan fingerprint density at radius 1 is 1.46 bits per heavy atom. The summed E-state index contributed by atoms with van der Waals surface area (Å²) in [5, 5.41) is 0. The Bertz CT molecular complexity index is 258. The van der Waals surface area contributed by atoms with Gasteiger partial charge in [0.15, 0.2) is 0 Å². The zero-order valence-corrected chi connectivity index (χ0v) is 8.80. The van der Waals surface area contributed by atoms with E-state index in [-0.39, 0.29) is 18.3 Å². The summed E-state index contributed by atoms with van der Waals surface area (Å²) in [7, 11) is -3.62. The van der Waals surface area contributed by atoms with Crippen molar-refractivity contribution in [2.45, 2.75) is 20.8 Å². The van der Waals surface area contributed by atoms with E-state index in [2.05, 4.69) is 9.46 Å². The van der Waals surface area contributed by atoms with Crippen LogP contribution in [0.5, 0.6) is 0 Å². The number of ether oxygens (including phenoxy) is 1. The van der Waals surface area contributed by atoms with Crippen LogP contribution in [0.3, 0.4) is 0 Å². The molecule has 0 aromatic rings. The SMILES string of the molecule is CCS(=O)(=O)[N]C(=O)OCC(C)C. The van der Waals surface area contributed by atoms with Gasteiger partial charge in [0.25, 0.3) is 10.0 Å². The van der Waals surface area contributed by atoms with E-state index in [0.717, 1.165) is 0 Å². The van der Waals surface area contributed by atoms with Crippen molar-refractivity contribution in [2.75, 3.05) is 12.4 Å². The molecule has 0 aromatic heterocycles. The first-order valence-corrected chi connectivity index (χ1v) is 5.60. The minimum Gasteiger partial charge on any atom is -0.447 e. The average Bonchev–Trinajstić information content (AvgIpc) is 2.00. The van der Waals surface area contributed by atoms with Crippen LogP contribution < -0.4 is 4.72 Å². The van der Waals surface area contributed by atoms with E-state index in [1.54, 1.807) is 0 Å². The van der Waals surface area contributed by atoms with Crippen molar-refractivity contribution in [3.63, 3.8) is 0 Å². The van der Waals surface area contributed by atoms with E-state index in [9.17, 15) is 13.2 Å². The Hall–Kier alpha value is -0.780. The van der Waals surface area contributed by atoms with Gasteiger partial charge in [0.05, 0.1) is 12.4 Å². The third-order valence-corrected chi connectivity index (χ3v) is 2.28. The average molecular weight is 208 g/mol. The molecule has 0 aliphatic carbocycles. The molecular formula is C7H14NO4S. The summed E-state index contributed by atoms with van der Waals surface area (Å²) in [5.74, 6) is -0.0208. The van der Waals surface area contributed by atoms with Crippen molar-refractivity contribution >= 4 is 16.1 Å². The number of amides is 1. The molecule has 77 valence electrons.